The minimum atomic E-state index is -0.315. The molecule has 1 aromatic carbocycles. The zero-order valence-electron chi connectivity index (χ0n) is 12.5. The van der Waals surface area contributed by atoms with Gasteiger partial charge in [0.25, 0.3) is 0 Å². The Morgan fingerprint density at radius 3 is 2.74 bits per heavy atom. The molecular formula is C15H15ClN4O3. The molecule has 1 fully saturated rings. The molecule has 1 N–H and O–H groups in total. The van der Waals surface area contributed by atoms with Crippen molar-refractivity contribution < 1.29 is 14.1 Å². The van der Waals surface area contributed by atoms with Crippen LogP contribution in [-0.4, -0.2) is 41.6 Å². The van der Waals surface area contributed by atoms with Crippen molar-refractivity contribution in [3.63, 3.8) is 0 Å². The second kappa shape index (κ2) is 6.29. The Balaban J connectivity index is 1.60. The molecule has 1 saturated heterocycles. The molecule has 8 heteroatoms. The number of nitrogens with zero attached hydrogens (tertiary/aromatic N) is 3. The third kappa shape index (κ3) is 3.45. The molecule has 1 aliphatic rings. The molecule has 0 atom stereocenters. The van der Waals surface area contributed by atoms with Crippen LogP contribution in [0.25, 0.3) is 0 Å². The van der Waals surface area contributed by atoms with Gasteiger partial charge in [-0.3, -0.25) is 9.69 Å². The maximum atomic E-state index is 12.4. The van der Waals surface area contributed by atoms with Crippen LogP contribution in [0.15, 0.2) is 34.9 Å². The molecular weight excluding hydrogens is 320 g/mol. The second-order valence-corrected chi connectivity index (χ2v) is 5.64. The molecule has 1 aromatic heterocycles. The summed E-state index contributed by atoms with van der Waals surface area (Å²) in [6, 6.07) is 8.42. The smallest absolute Gasteiger partial charge is 0.325 e. The SMILES string of the molecule is Cc1cc(NC(=O)CN2CCN(c3ccc(Cl)cc3)C2=O)no1. The summed E-state index contributed by atoms with van der Waals surface area (Å²) in [6.45, 7) is 2.70. The van der Waals surface area contributed by atoms with Gasteiger partial charge >= 0.3 is 6.03 Å². The Morgan fingerprint density at radius 2 is 2.09 bits per heavy atom. The largest absolute Gasteiger partial charge is 0.360 e. The monoisotopic (exact) mass is 334 g/mol. The van der Waals surface area contributed by atoms with Crippen LogP contribution in [0.4, 0.5) is 16.3 Å². The fourth-order valence-corrected chi connectivity index (χ4v) is 2.50. The van der Waals surface area contributed by atoms with Crippen molar-refractivity contribution in [1.29, 1.82) is 0 Å². The Kier molecular flexibility index (Phi) is 4.20. The van der Waals surface area contributed by atoms with Crippen LogP contribution < -0.4 is 10.2 Å². The van der Waals surface area contributed by atoms with Gasteiger partial charge in [0, 0.05) is 29.9 Å². The molecule has 0 aliphatic carbocycles. The van der Waals surface area contributed by atoms with Crippen molar-refractivity contribution in [3.8, 4) is 0 Å². The number of urea groups is 1. The van der Waals surface area contributed by atoms with Crippen molar-refractivity contribution in [3.05, 3.63) is 41.1 Å². The standard InChI is InChI=1S/C15H15ClN4O3/c1-10-8-13(18-23-10)17-14(21)9-19-6-7-20(15(19)22)12-4-2-11(16)3-5-12/h2-5,8H,6-7,9H2,1H3,(H,17,18,21). The van der Waals surface area contributed by atoms with Gasteiger partial charge in [-0.05, 0) is 31.2 Å². The normalized spacial score (nSPS) is 14.4. The van der Waals surface area contributed by atoms with Gasteiger partial charge in [0.1, 0.15) is 12.3 Å². The zero-order valence-corrected chi connectivity index (χ0v) is 13.2. The Labute approximate surface area is 137 Å². The van der Waals surface area contributed by atoms with E-state index in [0.29, 0.717) is 29.7 Å². The zero-order chi connectivity index (χ0) is 16.4. The fourth-order valence-electron chi connectivity index (χ4n) is 2.37. The maximum absolute atomic E-state index is 12.4. The fraction of sp³-hybridized carbons (Fsp3) is 0.267. The summed E-state index contributed by atoms with van der Waals surface area (Å²) < 4.78 is 4.88. The number of rotatable bonds is 4. The number of aryl methyl sites for hydroxylation is 1. The third-order valence-corrected chi connectivity index (χ3v) is 3.72. The van der Waals surface area contributed by atoms with Crippen LogP contribution in [0.5, 0.6) is 0 Å². The first-order chi connectivity index (χ1) is 11.0. The highest BCUT2D eigenvalue weighted by atomic mass is 35.5. The molecule has 120 valence electrons. The van der Waals surface area contributed by atoms with E-state index in [-0.39, 0.29) is 18.5 Å². The van der Waals surface area contributed by atoms with E-state index in [4.69, 9.17) is 16.1 Å². The number of benzene rings is 1. The van der Waals surface area contributed by atoms with E-state index in [1.54, 1.807) is 42.2 Å². The lowest BCUT2D eigenvalue weighted by molar-refractivity contribution is -0.116. The van der Waals surface area contributed by atoms with E-state index >= 15 is 0 Å². The number of halogens is 1. The van der Waals surface area contributed by atoms with E-state index < -0.39 is 0 Å². The number of aromatic nitrogens is 1. The molecule has 0 spiro atoms. The molecule has 23 heavy (non-hydrogen) atoms. The average molecular weight is 335 g/mol. The van der Waals surface area contributed by atoms with E-state index in [1.165, 1.54) is 4.90 Å². The van der Waals surface area contributed by atoms with Crippen LogP contribution >= 0.6 is 11.6 Å². The highest BCUT2D eigenvalue weighted by Crippen LogP contribution is 2.22. The van der Waals surface area contributed by atoms with Gasteiger partial charge in [-0.25, -0.2) is 4.79 Å². The summed E-state index contributed by atoms with van der Waals surface area (Å²) in [5.41, 5.74) is 0.759. The molecule has 2 heterocycles. The number of amides is 3. The lowest BCUT2D eigenvalue weighted by atomic mass is 10.3. The molecule has 3 amide bonds. The number of hydrogen-bond acceptors (Lipinski definition) is 4. The minimum absolute atomic E-state index is 0.0329. The van der Waals surface area contributed by atoms with Crippen LogP contribution in [0, 0.1) is 6.92 Å². The minimum Gasteiger partial charge on any atom is -0.360 e. The Hall–Kier alpha value is -2.54. The topological polar surface area (TPSA) is 78.7 Å². The summed E-state index contributed by atoms with van der Waals surface area (Å²) in [7, 11) is 0. The van der Waals surface area contributed by atoms with Gasteiger partial charge in [-0.15, -0.1) is 0 Å². The Morgan fingerprint density at radius 1 is 1.35 bits per heavy atom. The number of carbonyl (C=O) groups excluding carboxylic acids is 2. The number of carbonyl (C=O) groups is 2. The van der Waals surface area contributed by atoms with Crippen molar-refractivity contribution in [2.75, 3.05) is 29.9 Å². The quantitative estimate of drug-likeness (QED) is 0.931. The first kappa shape index (κ1) is 15.4. The van der Waals surface area contributed by atoms with Gasteiger partial charge in [0.2, 0.25) is 5.91 Å². The number of anilines is 2. The number of hydrogen-bond donors (Lipinski definition) is 1. The van der Waals surface area contributed by atoms with Crippen LogP contribution in [0.3, 0.4) is 0 Å². The molecule has 0 bridgehead atoms. The van der Waals surface area contributed by atoms with E-state index in [9.17, 15) is 9.59 Å². The average Bonchev–Trinajstić information content (AvgIpc) is 3.07. The van der Waals surface area contributed by atoms with Crippen molar-refractivity contribution >= 4 is 35.0 Å². The third-order valence-electron chi connectivity index (χ3n) is 3.46. The van der Waals surface area contributed by atoms with Gasteiger partial charge in [-0.1, -0.05) is 16.8 Å². The van der Waals surface area contributed by atoms with Gasteiger partial charge in [0.05, 0.1) is 0 Å². The molecule has 0 saturated carbocycles. The maximum Gasteiger partial charge on any atom is 0.325 e. The lowest BCUT2D eigenvalue weighted by Crippen LogP contribution is -2.37. The summed E-state index contributed by atoms with van der Waals surface area (Å²) in [5.74, 6) is 0.629. The molecule has 1 aliphatic heterocycles. The second-order valence-electron chi connectivity index (χ2n) is 5.20. The summed E-state index contributed by atoms with van der Waals surface area (Å²) in [4.78, 5) is 27.5. The first-order valence-corrected chi connectivity index (χ1v) is 7.46. The van der Waals surface area contributed by atoms with E-state index in [2.05, 4.69) is 10.5 Å². The van der Waals surface area contributed by atoms with Crippen LogP contribution in [-0.2, 0) is 4.79 Å². The summed E-state index contributed by atoms with van der Waals surface area (Å²) in [6.07, 6.45) is 0. The predicted molar refractivity (Wildman–Crippen MR) is 85.6 cm³/mol. The van der Waals surface area contributed by atoms with Crippen molar-refractivity contribution in [2.45, 2.75) is 6.92 Å². The van der Waals surface area contributed by atoms with E-state index in [1.807, 2.05) is 0 Å². The lowest BCUT2D eigenvalue weighted by Gasteiger charge is -2.18. The molecule has 3 rings (SSSR count). The van der Waals surface area contributed by atoms with Crippen LogP contribution in [0.1, 0.15) is 5.76 Å². The highest BCUT2D eigenvalue weighted by Gasteiger charge is 2.30. The molecule has 7 nitrogen and oxygen atoms in total. The van der Waals surface area contributed by atoms with E-state index in [0.717, 1.165) is 5.69 Å². The predicted octanol–water partition coefficient (Wildman–Crippen LogP) is 2.52. The van der Waals surface area contributed by atoms with Crippen molar-refractivity contribution in [1.82, 2.24) is 10.1 Å². The highest BCUT2D eigenvalue weighted by molar-refractivity contribution is 6.30. The van der Waals surface area contributed by atoms with Gasteiger partial charge < -0.3 is 14.7 Å². The summed E-state index contributed by atoms with van der Waals surface area (Å²) in [5, 5.41) is 6.90. The van der Waals surface area contributed by atoms with Crippen molar-refractivity contribution in [2.24, 2.45) is 0 Å². The summed E-state index contributed by atoms with van der Waals surface area (Å²) >= 11 is 5.85. The van der Waals surface area contributed by atoms with Gasteiger partial charge in [0.15, 0.2) is 5.82 Å². The Bertz CT molecular complexity index is 729. The molecule has 0 unspecified atom stereocenters. The molecule has 0 radical (unpaired) electrons. The first-order valence-electron chi connectivity index (χ1n) is 7.08. The van der Waals surface area contributed by atoms with Crippen LogP contribution in [0.2, 0.25) is 5.02 Å². The number of nitrogens with one attached hydrogen (secondary N) is 1. The molecule has 2 aromatic rings. The van der Waals surface area contributed by atoms with Gasteiger partial charge in [-0.2, -0.15) is 0 Å².